The fraction of sp³-hybridized carbons (Fsp3) is 0.538. The smallest absolute Gasteiger partial charge is 0.124 e. The molecule has 1 fully saturated rings. The molecule has 0 heterocycles. The molecule has 1 aliphatic rings. The molecular weight excluding hydrogens is 316 g/mol. The first-order valence-electron chi connectivity index (χ1n) is 5.89. The van der Waals surface area contributed by atoms with Crippen LogP contribution in [-0.2, 0) is 0 Å². The molecule has 0 saturated heterocycles. The summed E-state index contributed by atoms with van der Waals surface area (Å²) in [5.74, 6) is 0.736. The van der Waals surface area contributed by atoms with Crippen LogP contribution in [0.2, 0.25) is 0 Å². The Morgan fingerprint density at radius 3 is 2.81 bits per heavy atom. The van der Waals surface area contributed by atoms with Crippen LogP contribution >= 0.6 is 22.6 Å². The van der Waals surface area contributed by atoms with Crippen LogP contribution in [0.3, 0.4) is 0 Å². The maximum absolute atomic E-state index is 13.0. The van der Waals surface area contributed by atoms with E-state index in [2.05, 4.69) is 34.8 Å². The first-order chi connectivity index (χ1) is 7.70. The summed E-state index contributed by atoms with van der Waals surface area (Å²) < 4.78 is 14.1. The lowest BCUT2D eigenvalue weighted by molar-refractivity contribution is 0.484. The van der Waals surface area contributed by atoms with Crippen LogP contribution in [0.4, 0.5) is 4.39 Å². The summed E-state index contributed by atoms with van der Waals surface area (Å²) in [5, 5.41) is 3.50. The first kappa shape index (κ1) is 12.3. The van der Waals surface area contributed by atoms with E-state index in [0.717, 1.165) is 16.0 Å². The minimum absolute atomic E-state index is 0.144. The van der Waals surface area contributed by atoms with E-state index >= 15 is 0 Å². The number of nitrogens with one attached hydrogen (secondary N) is 1. The highest BCUT2D eigenvalue weighted by Gasteiger charge is 2.26. The van der Waals surface area contributed by atoms with Crippen molar-refractivity contribution < 1.29 is 4.39 Å². The highest BCUT2D eigenvalue weighted by molar-refractivity contribution is 14.1. The molecule has 0 spiro atoms. The lowest BCUT2D eigenvalue weighted by Crippen LogP contribution is -2.22. The normalized spacial score (nSPS) is 17.4. The van der Waals surface area contributed by atoms with Gasteiger partial charge in [0.2, 0.25) is 0 Å². The zero-order valence-electron chi connectivity index (χ0n) is 9.47. The highest BCUT2D eigenvalue weighted by atomic mass is 127. The van der Waals surface area contributed by atoms with Crippen molar-refractivity contribution in [2.24, 2.45) is 5.92 Å². The molecule has 0 aromatic heterocycles. The average Bonchev–Trinajstić information content (AvgIpc) is 3.01. The number of benzene rings is 1. The molecule has 2 rings (SSSR count). The molecule has 1 saturated carbocycles. The van der Waals surface area contributed by atoms with Crippen LogP contribution in [0.1, 0.15) is 37.8 Å². The van der Waals surface area contributed by atoms with E-state index in [0.29, 0.717) is 6.04 Å². The van der Waals surface area contributed by atoms with Crippen molar-refractivity contribution in [1.82, 2.24) is 5.32 Å². The van der Waals surface area contributed by atoms with Crippen LogP contribution < -0.4 is 5.32 Å². The Balaban J connectivity index is 2.15. The Labute approximate surface area is 110 Å². The number of hydrogen-bond donors (Lipinski definition) is 1. The van der Waals surface area contributed by atoms with E-state index in [1.807, 2.05) is 6.07 Å². The van der Waals surface area contributed by atoms with Gasteiger partial charge in [0.05, 0.1) is 0 Å². The molecule has 1 nitrogen and oxygen atoms in total. The van der Waals surface area contributed by atoms with Gasteiger partial charge in [-0.05, 0) is 59.2 Å². The van der Waals surface area contributed by atoms with Gasteiger partial charge in [-0.2, -0.15) is 0 Å². The van der Waals surface area contributed by atoms with Crippen molar-refractivity contribution in [2.75, 3.05) is 6.54 Å². The third-order valence-corrected chi connectivity index (χ3v) is 3.99. The van der Waals surface area contributed by atoms with Crippen molar-refractivity contribution in [3.8, 4) is 0 Å². The standard InChI is InChI=1S/C13H17FIN/c1-2-16-13(7-9-3-4-9)11-6-5-10(14)8-12(11)15/h5-6,8-9,13,16H,2-4,7H2,1H3. The number of hydrogen-bond acceptors (Lipinski definition) is 1. The number of rotatable bonds is 5. The summed E-state index contributed by atoms with van der Waals surface area (Å²) in [6.07, 6.45) is 3.91. The number of halogens is 2. The Kier molecular flexibility index (Phi) is 4.19. The Morgan fingerprint density at radius 2 is 2.25 bits per heavy atom. The molecule has 1 atom stereocenters. The van der Waals surface area contributed by atoms with Crippen LogP contribution in [0.25, 0.3) is 0 Å². The molecule has 0 aliphatic heterocycles. The molecule has 3 heteroatoms. The largest absolute Gasteiger partial charge is 0.310 e. The minimum atomic E-state index is -0.144. The van der Waals surface area contributed by atoms with E-state index in [-0.39, 0.29) is 5.82 Å². The molecule has 1 unspecified atom stereocenters. The van der Waals surface area contributed by atoms with Crippen LogP contribution in [0, 0.1) is 15.3 Å². The van der Waals surface area contributed by atoms with E-state index < -0.39 is 0 Å². The van der Waals surface area contributed by atoms with Gasteiger partial charge in [0.15, 0.2) is 0 Å². The van der Waals surface area contributed by atoms with Gasteiger partial charge in [-0.15, -0.1) is 0 Å². The summed E-state index contributed by atoms with van der Waals surface area (Å²) in [4.78, 5) is 0. The Hall–Kier alpha value is -0.160. The van der Waals surface area contributed by atoms with Crippen LogP contribution in [-0.4, -0.2) is 6.54 Å². The van der Waals surface area contributed by atoms with Crippen LogP contribution in [0.15, 0.2) is 18.2 Å². The van der Waals surface area contributed by atoms with Crippen molar-refractivity contribution >= 4 is 22.6 Å². The lowest BCUT2D eigenvalue weighted by atomic mass is 10.0. The van der Waals surface area contributed by atoms with Gasteiger partial charge >= 0.3 is 0 Å². The van der Waals surface area contributed by atoms with E-state index in [9.17, 15) is 4.39 Å². The molecular formula is C13H17FIN. The average molecular weight is 333 g/mol. The summed E-state index contributed by atoms with van der Waals surface area (Å²) >= 11 is 2.23. The summed E-state index contributed by atoms with van der Waals surface area (Å²) in [7, 11) is 0. The Morgan fingerprint density at radius 1 is 1.50 bits per heavy atom. The van der Waals surface area contributed by atoms with Crippen molar-refractivity contribution in [3.63, 3.8) is 0 Å². The van der Waals surface area contributed by atoms with Gasteiger partial charge in [-0.25, -0.2) is 4.39 Å². The highest BCUT2D eigenvalue weighted by Crippen LogP contribution is 2.38. The fourth-order valence-electron chi connectivity index (χ4n) is 2.04. The van der Waals surface area contributed by atoms with Gasteiger partial charge in [-0.3, -0.25) is 0 Å². The molecule has 1 aromatic rings. The quantitative estimate of drug-likeness (QED) is 0.807. The maximum Gasteiger partial charge on any atom is 0.124 e. The van der Waals surface area contributed by atoms with E-state index in [4.69, 9.17) is 0 Å². The third kappa shape index (κ3) is 3.17. The summed E-state index contributed by atoms with van der Waals surface area (Å²) in [6.45, 7) is 3.08. The van der Waals surface area contributed by atoms with Crippen molar-refractivity contribution in [1.29, 1.82) is 0 Å². The SMILES string of the molecule is CCNC(CC1CC1)c1ccc(F)cc1I. The molecule has 0 radical (unpaired) electrons. The topological polar surface area (TPSA) is 12.0 Å². The second-order valence-electron chi connectivity index (χ2n) is 4.46. The second-order valence-corrected chi connectivity index (χ2v) is 5.62. The molecule has 16 heavy (non-hydrogen) atoms. The van der Waals surface area contributed by atoms with E-state index in [1.165, 1.54) is 24.8 Å². The minimum Gasteiger partial charge on any atom is -0.310 e. The molecule has 1 aromatic carbocycles. The predicted octanol–water partition coefficient (Wildman–Crippen LogP) is 3.88. The molecule has 0 amide bonds. The molecule has 0 bridgehead atoms. The predicted molar refractivity (Wildman–Crippen MR) is 72.9 cm³/mol. The fourth-order valence-corrected chi connectivity index (χ4v) is 2.89. The summed E-state index contributed by atoms with van der Waals surface area (Å²) in [5.41, 5.74) is 1.25. The van der Waals surface area contributed by atoms with Gasteiger partial charge in [0.1, 0.15) is 5.82 Å². The monoisotopic (exact) mass is 333 g/mol. The molecule has 1 N–H and O–H groups in total. The van der Waals surface area contributed by atoms with Gasteiger partial charge in [0, 0.05) is 9.61 Å². The van der Waals surface area contributed by atoms with Crippen molar-refractivity contribution in [2.45, 2.75) is 32.2 Å². The first-order valence-corrected chi connectivity index (χ1v) is 6.97. The van der Waals surface area contributed by atoms with Gasteiger partial charge in [0.25, 0.3) is 0 Å². The van der Waals surface area contributed by atoms with Gasteiger partial charge < -0.3 is 5.32 Å². The Bertz CT molecular complexity index is 363. The molecule has 88 valence electrons. The lowest BCUT2D eigenvalue weighted by Gasteiger charge is -2.19. The second kappa shape index (κ2) is 5.45. The molecule has 1 aliphatic carbocycles. The maximum atomic E-state index is 13.0. The zero-order valence-corrected chi connectivity index (χ0v) is 11.6. The van der Waals surface area contributed by atoms with Crippen molar-refractivity contribution in [3.05, 3.63) is 33.1 Å². The van der Waals surface area contributed by atoms with E-state index in [1.54, 1.807) is 12.1 Å². The zero-order chi connectivity index (χ0) is 11.5. The third-order valence-electron chi connectivity index (χ3n) is 3.05. The van der Waals surface area contributed by atoms with Gasteiger partial charge in [-0.1, -0.05) is 25.8 Å². The van der Waals surface area contributed by atoms with Crippen LogP contribution in [0.5, 0.6) is 0 Å². The summed E-state index contributed by atoms with van der Waals surface area (Å²) in [6, 6.07) is 5.50.